The number of furan rings is 1. The maximum atomic E-state index is 12.0. The molecule has 0 saturated carbocycles. The zero-order chi connectivity index (χ0) is 18.4. The predicted octanol–water partition coefficient (Wildman–Crippen LogP) is 1.47. The van der Waals surface area contributed by atoms with Crippen LogP contribution in [0.25, 0.3) is 5.65 Å². The molecule has 0 saturated heterocycles. The van der Waals surface area contributed by atoms with Crippen LogP contribution in [0.4, 0.5) is 4.79 Å². The molecular weight excluding hydrogens is 334 g/mol. The highest BCUT2D eigenvalue weighted by Gasteiger charge is 2.15. The number of pyridine rings is 1. The molecule has 3 N–H and O–H groups in total. The Balaban J connectivity index is 1.38. The van der Waals surface area contributed by atoms with Crippen molar-refractivity contribution < 1.29 is 14.0 Å². The Morgan fingerprint density at radius 1 is 1.23 bits per heavy atom. The van der Waals surface area contributed by atoms with Crippen LogP contribution in [-0.4, -0.2) is 33.9 Å². The van der Waals surface area contributed by atoms with E-state index in [0.29, 0.717) is 18.7 Å². The third kappa shape index (κ3) is 4.62. The number of carbonyl (C=O) groups is 2. The quantitative estimate of drug-likeness (QED) is 0.597. The number of rotatable bonds is 7. The van der Waals surface area contributed by atoms with Gasteiger partial charge in [-0.2, -0.15) is 0 Å². The van der Waals surface area contributed by atoms with E-state index in [2.05, 4.69) is 20.9 Å². The van der Waals surface area contributed by atoms with Crippen molar-refractivity contribution in [1.29, 1.82) is 0 Å². The van der Waals surface area contributed by atoms with Gasteiger partial charge < -0.3 is 24.8 Å². The van der Waals surface area contributed by atoms with Gasteiger partial charge in [0, 0.05) is 25.4 Å². The summed E-state index contributed by atoms with van der Waals surface area (Å²) in [5.41, 5.74) is 1.76. The zero-order valence-electron chi connectivity index (χ0n) is 14.4. The van der Waals surface area contributed by atoms with E-state index in [-0.39, 0.29) is 12.5 Å². The summed E-state index contributed by atoms with van der Waals surface area (Å²) in [5, 5.41) is 8.04. The monoisotopic (exact) mass is 355 g/mol. The standard InChI is InChI=1S/C18H21N5O3/c1-13(17(24)20-11-15-5-4-10-26-15)21-18(25)19-8-7-14-12-23-9-3-2-6-16(23)22-14/h2-6,9-10,12-13H,7-8,11H2,1H3,(H,20,24)(H2,19,21,25). The average Bonchev–Trinajstić information content (AvgIpc) is 3.28. The fourth-order valence-corrected chi connectivity index (χ4v) is 2.47. The van der Waals surface area contributed by atoms with Crippen molar-refractivity contribution >= 4 is 17.6 Å². The number of urea groups is 1. The van der Waals surface area contributed by atoms with E-state index in [1.54, 1.807) is 25.3 Å². The van der Waals surface area contributed by atoms with Gasteiger partial charge in [-0.15, -0.1) is 0 Å². The predicted molar refractivity (Wildman–Crippen MR) is 95.4 cm³/mol. The van der Waals surface area contributed by atoms with Crippen molar-refractivity contribution in [2.24, 2.45) is 0 Å². The molecule has 3 rings (SSSR count). The molecule has 3 heterocycles. The first kappa shape index (κ1) is 17.5. The number of imidazole rings is 1. The fraction of sp³-hybridized carbons (Fsp3) is 0.278. The van der Waals surface area contributed by atoms with Crippen molar-refractivity contribution in [3.63, 3.8) is 0 Å². The molecule has 0 aromatic carbocycles. The third-order valence-corrected chi connectivity index (χ3v) is 3.84. The van der Waals surface area contributed by atoms with E-state index in [4.69, 9.17) is 4.42 Å². The summed E-state index contributed by atoms with van der Waals surface area (Å²) in [6, 6.07) is 8.25. The van der Waals surface area contributed by atoms with Crippen LogP contribution in [0.2, 0.25) is 0 Å². The summed E-state index contributed by atoms with van der Waals surface area (Å²) in [6.07, 6.45) is 6.00. The molecule has 1 atom stereocenters. The lowest BCUT2D eigenvalue weighted by Gasteiger charge is -2.14. The fourth-order valence-electron chi connectivity index (χ4n) is 2.47. The number of fused-ring (bicyclic) bond motifs is 1. The summed E-state index contributed by atoms with van der Waals surface area (Å²) < 4.78 is 7.07. The van der Waals surface area contributed by atoms with Crippen molar-refractivity contribution in [3.05, 3.63) is 60.4 Å². The SMILES string of the molecule is CC(NC(=O)NCCc1cn2ccccc2n1)C(=O)NCc1ccco1. The second kappa shape index (κ2) is 8.19. The van der Waals surface area contributed by atoms with Gasteiger partial charge in [-0.3, -0.25) is 4.79 Å². The van der Waals surface area contributed by atoms with Gasteiger partial charge in [0.05, 0.1) is 18.5 Å². The Morgan fingerprint density at radius 3 is 2.88 bits per heavy atom. The molecule has 8 nitrogen and oxygen atoms in total. The molecule has 3 aromatic heterocycles. The van der Waals surface area contributed by atoms with E-state index in [1.165, 1.54) is 0 Å². The molecule has 0 aliphatic heterocycles. The van der Waals surface area contributed by atoms with Crippen LogP contribution in [0.5, 0.6) is 0 Å². The molecule has 0 aliphatic rings. The molecule has 3 amide bonds. The molecule has 0 aliphatic carbocycles. The zero-order valence-corrected chi connectivity index (χ0v) is 14.4. The number of nitrogens with one attached hydrogen (secondary N) is 3. The van der Waals surface area contributed by atoms with Crippen molar-refractivity contribution in [1.82, 2.24) is 25.3 Å². The molecule has 3 aromatic rings. The van der Waals surface area contributed by atoms with Crippen LogP contribution < -0.4 is 16.0 Å². The maximum Gasteiger partial charge on any atom is 0.315 e. The lowest BCUT2D eigenvalue weighted by Crippen LogP contribution is -2.48. The molecule has 136 valence electrons. The molecule has 26 heavy (non-hydrogen) atoms. The second-order valence-electron chi connectivity index (χ2n) is 5.87. The van der Waals surface area contributed by atoms with Crippen LogP contribution in [0.3, 0.4) is 0 Å². The van der Waals surface area contributed by atoms with Gasteiger partial charge in [0.25, 0.3) is 0 Å². The summed E-state index contributed by atoms with van der Waals surface area (Å²) in [7, 11) is 0. The first-order valence-corrected chi connectivity index (χ1v) is 8.39. The van der Waals surface area contributed by atoms with Gasteiger partial charge in [0.15, 0.2) is 0 Å². The molecule has 0 spiro atoms. The van der Waals surface area contributed by atoms with Crippen LogP contribution in [-0.2, 0) is 17.8 Å². The molecule has 0 bridgehead atoms. The number of hydrogen-bond donors (Lipinski definition) is 3. The summed E-state index contributed by atoms with van der Waals surface area (Å²) in [6.45, 7) is 2.34. The topological polar surface area (TPSA) is 101 Å². The summed E-state index contributed by atoms with van der Waals surface area (Å²) in [4.78, 5) is 28.3. The Kier molecular flexibility index (Phi) is 5.52. The molecule has 8 heteroatoms. The Morgan fingerprint density at radius 2 is 2.12 bits per heavy atom. The highest BCUT2D eigenvalue weighted by molar-refractivity contribution is 5.86. The Bertz CT molecular complexity index is 839. The van der Waals surface area contributed by atoms with E-state index >= 15 is 0 Å². The summed E-state index contributed by atoms with van der Waals surface area (Å²) >= 11 is 0. The normalized spacial score (nSPS) is 11.9. The van der Waals surface area contributed by atoms with Crippen LogP contribution in [0.1, 0.15) is 18.4 Å². The Hall–Kier alpha value is -3.29. The minimum Gasteiger partial charge on any atom is -0.467 e. The number of aromatic nitrogens is 2. The van der Waals surface area contributed by atoms with Gasteiger partial charge in [0.1, 0.15) is 17.4 Å². The number of amides is 3. The van der Waals surface area contributed by atoms with Gasteiger partial charge in [-0.25, -0.2) is 9.78 Å². The van der Waals surface area contributed by atoms with Crippen LogP contribution >= 0.6 is 0 Å². The van der Waals surface area contributed by atoms with Crippen molar-refractivity contribution in [2.45, 2.75) is 25.9 Å². The highest BCUT2D eigenvalue weighted by atomic mass is 16.3. The van der Waals surface area contributed by atoms with Crippen molar-refractivity contribution in [2.75, 3.05) is 6.54 Å². The average molecular weight is 355 g/mol. The minimum absolute atomic E-state index is 0.281. The maximum absolute atomic E-state index is 12.0. The molecule has 0 fully saturated rings. The number of carbonyl (C=O) groups excluding carboxylic acids is 2. The smallest absolute Gasteiger partial charge is 0.315 e. The molecular formula is C18H21N5O3. The van der Waals surface area contributed by atoms with Gasteiger partial charge in [0.2, 0.25) is 5.91 Å². The number of hydrogen-bond acceptors (Lipinski definition) is 4. The first-order chi connectivity index (χ1) is 12.6. The third-order valence-electron chi connectivity index (χ3n) is 3.84. The minimum atomic E-state index is -0.653. The van der Waals surface area contributed by atoms with E-state index in [1.807, 2.05) is 35.0 Å². The van der Waals surface area contributed by atoms with Gasteiger partial charge in [-0.05, 0) is 31.2 Å². The lowest BCUT2D eigenvalue weighted by molar-refractivity contribution is -0.122. The summed E-state index contributed by atoms with van der Waals surface area (Å²) in [5.74, 6) is 0.374. The van der Waals surface area contributed by atoms with Crippen LogP contribution in [0.15, 0.2) is 53.4 Å². The van der Waals surface area contributed by atoms with Gasteiger partial charge >= 0.3 is 6.03 Å². The Labute approximate surface area is 150 Å². The van der Waals surface area contributed by atoms with E-state index < -0.39 is 12.1 Å². The molecule has 1 unspecified atom stereocenters. The number of nitrogens with zero attached hydrogens (tertiary/aromatic N) is 2. The molecule has 0 radical (unpaired) electrons. The van der Waals surface area contributed by atoms with Crippen molar-refractivity contribution in [3.8, 4) is 0 Å². The first-order valence-electron chi connectivity index (χ1n) is 8.39. The van der Waals surface area contributed by atoms with E-state index in [0.717, 1.165) is 11.3 Å². The highest BCUT2D eigenvalue weighted by Crippen LogP contribution is 2.04. The van der Waals surface area contributed by atoms with Crippen LogP contribution in [0, 0.1) is 0 Å². The second-order valence-corrected chi connectivity index (χ2v) is 5.87. The largest absolute Gasteiger partial charge is 0.467 e. The van der Waals surface area contributed by atoms with Gasteiger partial charge in [-0.1, -0.05) is 6.07 Å². The van der Waals surface area contributed by atoms with E-state index in [9.17, 15) is 9.59 Å². The lowest BCUT2D eigenvalue weighted by atomic mass is 10.3.